The molecule has 2 unspecified atom stereocenters. The van der Waals surface area contributed by atoms with Crippen molar-refractivity contribution in [2.75, 3.05) is 13.6 Å². The summed E-state index contributed by atoms with van der Waals surface area (Å²) in [5, 5.41) is 3.82. The largest absolute Gasteiger partial charge is 0.337 e. The highest BCUT2D eigenvalue weighted by atomic mass is 15.2. The van der Waals surface area contributed by atoms with Crippen molar-refractivity contribution in [3.05, 3.63) is 18.2 Å². The molecule has 1 aliphatic carbocycles. The number of hydrogen-bond donors (Lipinski definition) is 1. The van der Waals surface area contributed by atoms with E-state index in [0.717, 1.165) is 18.9 Å². The van der Waals surface area contributed by atoms with Crippen molar-refractivity contribution in [3.63, 3.8) is 0 Å². The molecular formula is C17H32N4. The first-order chi connectivity index (χ1) is 9.95. The molecule has 0 spiro atoms. The fraction of sp³-hybridized carbons (Fsp3) is 0.824. The third kappa shape index (κ3) is 3.86. The van der Waals surface area contributed by atoms with Crippen LogP contribution < -0.4 is 5.32 Å². The van der Waals surface area contributed by atoms with Gasteiger partial charge in [-0.1, -0.05) is 27.2 Å². The highest BCUT2D eigenvalue weighted by Crippen LogP contribution is 2.37. The van der Waals surface area contributed by atoms with Gasteiger partial charge in [-0.15, -0.1) is 0 Å². The van der Waals surface area contributed by atoms with Gasteiger partial charge in [-0.2, -0.15) is 0 Å². The van der Waals surface area contributed by atoms with Gasteiger partial charge in [0, 0.05) is 31.5 Å². The van der Waals surface area contributed by atoms with Crippen molar-refractivity contribution in [2.24, 2.45) is 12.5 Å². The summed E-state index contributed by atoms with van der Waals surface area (Å²) < 4.78 is 2.12. The minimum atomic E-state index is 0.369. The van der Waals surface area contributed by atoms with E-state index in [4.69, 9.17) is 0 Å². The lowest BCUT2D eigenvalue weighted by Crippen LogP contribution is -2.58. The van der Waals surface area contributed by atoms with Crippen LogP contribution in [0.1, 0.15) is 52.3 Å². The zero-order valence-electron chi connectivity index (χ0n) is 14.4. The van der Waals surface area contributed by atoms with E-state index in [1.54, 1.807) is 0 Å². The fourth-order valence-electron chi connectivity index (χ4n) is 3.69. The molecule has 0 amide bonds. The standard InChI is InChI=1S/C17H32N4/c1-6-10-19-16-14(8-7-9-17(16,2)3)21(5)13-15-18-11-12-20(15)4/h11-12,14,16,19H,6-10,13H2,1-5H3. The quantitative estimate of drug-likeness (QED) is 0.875. The first-order valence-corrected chi connectivity index (χ1v) is 8.35. The molecule has 0 saturated heterocycles. The summed E-state index contributed by atoms with van der Waals surface area (Å²) in [6.45, 7) is 9.12. The van der Waals surface area contributed by atoms with Crippen molar-refractivity contribution >= 4 is 0 Å². The van der Waals surface area contributed by atoms with Crippen LogP contribution >= 0.6 is 0 Å². The van der Waals surface area contributed by atoms with Crippen molar-refractivity contribution in [1.82, 2.24) is 19.8 Å². The Balaban J connectivity index is 2.08. The Labute approximate surface area is 129 Å². The number of hydrogen-bond acceptors (Lipinski definition) is 3. The fourth-order valence-corrected chi connectivity index (χ4v) is 3.69. The lowest BCUT2D eigenvalue weighted by Gasteiger charge is -2.48. The van der Waals surface area contributed by atoms with E-state index < -0.39 is 0 Å². The van der Waals surface area contributed by atoms with Crippen molar-refractivity contribution < 1.29 is 0 Å². The number of aryl methyl sites for hydroxylation is 1. The predicted molar refractivity (Wildman–Crippen MR) is 88.2 cm³/mol. The summed E-state index contributed by atoms with van der Waals surface area (Å²) in [4.78, 5) is 6.97. The first kappa shape index (κ1) is 16.5. The number of imidazole rings is 1. The summed E-state index contributed by atoms with van der Waals surface area (Å²) in [5.41, 5.74) is 0.369. The SMILES string of the molecule is CCCNC1C(N(C)Cc2nccn2C)CCCC1(C)C. The van der Waals surface area contributed by atoms with Crippen LogP contribution in [0.3, 0.4) is 0 Å². The van der Waals surface area contributed by atoms with Gasteiger partial charge in [0.1, 0.15) is 5.82 Å². The Morgan fingerprint density at radius 3 is 2.86 bits per heavy atom. The normalized spacial score (nSPS) is 25.4. The van der Waals surface area contributed by atoms with Crippen LogP contribution in [0.4, 0.5) is 0 Å². The molecule has 1 N–H and O–H groups in total. The summed E-state index contributed by atoms with van der Waals surface area (Å²) in [5.74, 6) is 1.15. The van der Waals surface area contributed by atoms with E-state index in [1.165, 1.54) is 25.7 Å². The minimum Gasteiger partial charge on any atom is -0.337 e. The molecule has 1 fully saturated rings. The number of nitrogens with one attached hydrogen (secondary N) is 1. The summed E-state index contributed by atoms with van der Waals surface area (Å²) in [6, 6.07) is 1.16. The van der Waals surface area contributed by atoms with Crippen LogP contribution in [-0.4, -0.2) is 40.1 Å². The molecule has 21 heavy (non-hydrogen) atoms. The average Bonchev–Trinajstić information content (AvgIpc) is 2.82. The van der Waals surface area contributed by atoms with Crippen LogP contribution in [0, 0.1) is 5.41 Å². The number of rotatable bonds is 6. The van der Waals surface area contributed by atoms with Gasteiger partial charge in [0.05, 0.1) is 6.54 Å². The monoisotopic (exact) mass is 292 g/mol. The van der Waals surface area contributed by atoms with E-state index in [1.807, 2.05) is 12.4 Å². The Morgan fingerprint density at radius 1 is 1.48 bits per heavy atom. The molecule has 120 valence electrons. The van der Waals surface area contributed by atoms with Gasteiger partial charge in [-0.25, -0.2) is 4.98 Å². The van der Waals surface area contributed by atoms with Gasteiger partial charge in [-0.3, -0.25) is 4.90 Å². The summed E-state index contributed by atoms with van der Waals surface area (Å²) >= 11 is 0. The molecule has 4 heteroatoms. The first-order valence-electron chi connectivity index (χ1n) is 8.35. The maximum atomic E-state index is 4.48. The Bertz CT molecular complexity index is 438. The zero-order chi connectivity index (χ0) is 15.5. The molecule has 1 saturated carbocycles. The third-order valence-electron chi connectivity index (χ3n) is 5.04. The van der Waals surface area contributed by atoms with Gasteiger partial charge in [-0.05, 0) is 38.3 Å². The lowest BCUT2D eigenvalue weighted by atomic mass is 9.70. The molecule has 2 rings (SSSR count). The molecule has 0 radical (unpaired) electrons. The topological polar surface area (TPSA) is 33.1 Å². The van der Waals surface area contributed by atoms with Crippen LogP contribution in [0.15, 0.2) is 12.4 Å². The molecular weight excluding hydrogens is 260 g/mol. The van der Waals surface area contributed by atoms with Crippen LogP contribution in [-0.2, 0) is 13.6 Å². The van der Waals surface area contributed by atoms with Gasteiger partial charge in [0.25, 0.3) is 0 Å². The van der Waals surface area contributed by atoms with Crippen molar-refractivity contribution in [1.29, 1.82) is 0 Å². The Hall–Kier alpha value is -0.870. The van der Waals surface area contributed by atoms with Crippen LogP contribution in [0.5, 0.6) is 0 Å². The van der Waals surface area contributed by atoms with Crippen LogP contribution in [0.25, 0.3) is 0 Å². The maximum absolute atomic E-state index is 4.48. The zero-order valence-corrected chi connectivity index (χ0v) is 14.4. The minimum absolute atomic E-state index is 0.369. The Morgan fingerprint density at radius 2 is 2.24 bits per heavy atom. The predicted octanol–water partition coefficient (Wildman–Crippen LogP) is 2.80. The van der Waals surface area contributed by atoms with Gasteiger partial charge in [0.15, 0.2) is 0 Å². The van der Waals surface area contributed by atoms with E-state index >= 15 is 0 Å². The second kappa shape index (κ2) is 6.93. The molecule has 1 aromatic rings. The van der Waals surface area contributed by atoms with E-state index in [2.05, 4.69) is 54.6 Å². The Kier molecular flexibility index (Phi) is 5.44. The molecule has 1 aromatic heterocycles. The van der Waals surface area contributed by atoms with E-state index in [0.29, 0.717) is 17.5 Å². The second-order valence-corrected chi connectivity index (χ2v) is 7.25. The highest BCUT2D eigenvalue weighted by Gasteiger charge is 2.40. The number of likely N-dealkylation sites (N-methyl/N-ethyl adjacent to an activating group) is 1. The number of aromatic nitrogens is 2. The van der Waals surface area contributed by atoms with Crippen molar-refractivity contribution in [3.8, 4) is 0 Å². The molecule has 0 aliphatic heterocycles. The lowest BCUT2D eigenvalue weighted by molar-refractivity contribution is 0.0573. The maximum Gasteiger partial charge on any atom is 0.122 e. The van der Waals surface area contributed by atoms with E-state index in [-0.39, 0.29) is 0 Å². The van der Waals surface area contributed by atoms with Gasteiger partial charge >= 0.3 is 0 Å². The number of nitrogens with zero attached hydrogens (tertiary/aromatic N) is 3. The van der Waals surface area contributed by atoms with Gasteiger partial charge < -0.3 is 9.88 Å². The second-order valence-electron chi connectivity index (χ2n) is 7.25. The molecule has 0 aromatic carbocycles. The van der Waals surface area contributed by atoms with Crippen LogP contribution in [0.2, 0.25) is 0 Å². The molecule has 4 nitrogen and oxygen atoms in total. The van der Waals surface area contributed by atoms with Crippen molar-refractivity contribution in [2.45, 2.75) is 65.1 Å². The summed E-state index contributed by atoms with van der Waals surface area (Å²) in [6.07, 6.45) is 9.05. The smallest absolute Gasteiger partial charge is 0.122 e. The third-order valence-corrected chi connectivity index (χ3v) is 5.04. The average molecular weight is 292 g/mol. The highest BCUT2D eigenvalue weighted by molar-refractivity contribution is 4.99. The summed E-state index contributed by atoms with van der Waals surface area (Å²) in [7, 11) is 4.33. The molecule has 2 atom stereocenters. The molecule has 1 heterocycles. The molecule has 0 bridgehead atoms. The molecule has 1 aliphatic rings. The van der Waals surface area contributed by atoms with E-state index in [9.17, 15) is 0 Å². The van der Waals surface area contributed by atoms with Gasteiger partial charge in [0.2, 0.25) is 0 Å².